The summed E-state index contributed by atoms with van der Waals surface area (Å²) in [7, 11) is -4.35. The number of amides is 2. The van der Waals surface area contributed by atoms with Crippen LogP contribution in [0.25, 0.3) is 0 Å². The molecule has 0 radical (unpaired) electrons. The average molecular weight is 346 g/mol. The number of benzene rings is 1. The molecule has 1 aliphatic carbocycles. The molecule has 1 aromatic carbocycles. The van der Waals surface area contributed by atoms with Crippen LogP contribution in [0.4, 0.5) is 8.78 Å². The quantitative estimate of drug-likeness (QED) is 0.834. The molecular formula is C14H16F2N2O4S. The summed E-state index contributed by atoms with van der Waals surface area (Å²) in [5, 5.41) is 2.43. The van der Waals surface area contributed by atoms with Crippen molar-refractivity contribution in [3.8, 4) is 0 Å². The van der Waals surface area contributed by atoms with Crippen molar-refractivity contribution in [3.05, 3.63) is 29.8 Å². The Kier molecular flexibility index (Phi) is 4.98. The second-order valence-electron chi connectivity index (χ2n) is 5.40. The lowest BCUT2D eigenvalue weighted by Gasteiger charge is -2.25. The van der Waals surface area contributed by atoms with Gasteiger partial charge in [-0.25, -0.2) is 21.9 Å². The maximum absolute atomic E-state index is 13.1. The van der Waals surface area contributed by atoms with Gasteiger partial charge in [0.2, 0.25) is 5.91 Å². The van der Waals surface area contributed by atoms with E-state index in [0.717, 1.165) is 25.3 Å². The van der Waals surface area contributed by atoms with Gasteiger partial charge in [0, 0.05) is 5.92 Å². The summed E-state index contributed by atoms with van der Waals surface area (Å²) < 4.78 is 51.6. The van der Waals surface area contributed by atoms with E-state index in [1.54, 1.807) is 4.72 Å². The number of hydrogen-bond donors (Lipinski definition) is 2. The van der Waals surface area contributed by atoms with Crippen LogP contribution in [0.2, 0.25) is 0 Å². The number of carbonyl (C=O) groups excluding carboxylic acids is 2. The van der Waals surface area contributed by atoms with Gasteiger partial charge in [-0.05, 0) is 38.0 Å². The molecule has 23 heavy (non-hydrogen) atoms. The predicted molar refractivity (Wildman–Crippen MR) is 76.6 cm³/mol. The van der Waals surface area contributed by atoms with Gasteiger partial charge in [0.1, 0.15) is 6.04 Å². The fourth-order valence-electron chi connectivity index (χ4n) is 1.99. The van der Waals surface area contributed by atoms with E-state index in [9.17, 15) is 26.8 Å². The van der Waals surface area contributed by atoms with Crippen molar-refractivity contribution in [1.29, 1.82) is 0 Å². The monoisotopic (exact) mass is 346 g/mol. The Morgan fingerprint density at radius 3 is 2.39 bits per heavy atom. The molecule has 1 fully saturated rings. The number of rotatable bonds is 5. The first-order valence-electron chi connectivity index (χ1n) is 7.03. The van der Waals surface area contributed by atoms with E-state index in [1.165, 1.54) is 6.92 Å². The summed E-state index contributed by atoms with van der Waals surface area (Å²) in [6, 6.07) is 0.896. The summed E-state index contributed by atoms with van der Waals surface area (Å²) >= 11 is 0. The smallest absolute Gasteiger partial charge is 0.264 e. The number of halogens is 2. The van der Waals surface area contributed by atoms with E-state index < -0.39 is 38.5 Å². The molecule has 1 aromatic rings. The maximum atomic E-state index is 13.1. The molecule has 1 aliphatic rings. The highest BCUT2D eigenvalue weighted by Crippen LogP contribution is 2.26. The molecule has 126 valence electrons. The number of carbonyl (C=O) groups is 2. The zero-order valence-corrected chi connectivity index (χ0v) is 13.1. The van der Waals surface area contributed by atoms with Gasteiger partial charge in [-0.1, -0.05) is 6.42 Å². The van der Waals surface area contributed by atoms with Crippen LogP contribution in [-0.2, 0) is 19.6 Å². The Balaban J connectivity index is 2.02. The van der Waals surface area contributed by atoms with Crippen molar-refractivity contribution >= 4 is 21.8 Å². The van der Waals surface area contributed by atoms with Crippen LogP contribution >= 0.6 is 0 Å². The number of sulfonamides is 1. The normalized spacial score (nSPS) is 16.3. The van der Waals surface area contributed by atoms with Crippen molar-refractivity contribution in [1.82, 2.24) is 10.0 Å². The van der Waals surface area contributed by atoms with Gasteiger partial charge in [0.05, 0.1) is 4.90 Å². The van der Waals surface area contributed by atoms with Crippen molar-refractivity contribution in [2.45, 2.75) is 37.1 Å². The van der Waals surface area contributed by atoms with Crippen LogP contribution in [-0.4, -0.2) is 26.3 Å². The Morgan fingerprint density at radius 1 is 1.22 bits per heavy atom. The van der Waals surface area contributed by atoms with Gasteiger partial charge in [-0.3, -0.25) is 9.59 Å². The highest BCUT2D eigenvalue weighted by molar-refractivity contribution is 7.90. The van der Waals surface area contributed by atoms with Gasteiger partial charge >= 0.3 is 0 Å². The van der Waals surface area contributed by atoms with E-state index in [4.69, 9.17) is 0 Å². The third kappa shape index (κ3) is 4.04. The zero-order chi connectivity index (χ0) is 17.2. The van der Waals surface area contributed by atoms with Crippen molar-refractivity contribution in [2.24, 2.45) is 5.92 Å². The molecule has 0 heterocycles. The van der Waals surface area contributed by atoms with Gasteiger partial charge in [-0.15, -0.1) is 0 Å². The summed E-state index contributed by atoms with van der Waals surface area (Å²) in [5.41, 5.74) is 0. The van der Waals surface area contributed by atoms with Crippen LogP contribution < -0.4 is 10.0 Å². The van der Waals surface area contributed by atoms with Crippen molar-refractivity contribution in [3.63, 3.8) is 0 Å². The first kappa shape index (κ1) is 17.3. The second kappa shape index (κ2) is 6.61. The van der Waals surface area contributed by atoms with E-state index in [2.05, 4.69) is 5.32 Å². The average Bonchev–Trinajstić information content (AvgIpc) is 2.39. The van der Waals surface area contributed by atoms with Crippen molar-refractivity contribution < 1.29 is 26.8 Å². The molecular weight excluding hydrogens is 330 g/mol. The van der Waals surface area contributed by atoms with Crippen LogP contribution in [0.15, 0.2) is 23.1 Å². The molecule has 1 saturated carbocycles. The first-order valence-corrected chi connectivity index (χ1v) is 8.51. The highest BCUT2D eigenvalue weighted by atomic mass is 32.2. The van der Waals surface area contributed by atoms with Crippen molar-refractivity contribution in [2.75, 3.05) is 0 Å². The summed E-state index contributed by atoms with van der Waals surface area (Å²) in [4.78, 5) is 23.0. The lowest BCUT2D eigenvalue weighted by molar-refractivity contribution is -0.131. The zero-order valence-electron chi connectivity index (χ0n) is 12.3. The Bertz CT molecular complexity index is 732. The number of hydrogen-bond acceptors (Lipinski definition) is 4. The molecule has 6 nitrogen and oxygen atoms in total. The van der Waals surface area contributed by atoms with Crippen LogP contribution in [0, 0.1) is 17.6 Å². The summed E-state index contributed by atoms with van der Waals surface area (Å²) in [5.74, 6) is -3.94. The molecule has 0 aliphatic heterocycles. The molecule has 2 rings (SSSR count). The topological polar surface area (TPSA) is 92.3 Å². The molecule has 0 saturated heterocycles. The number of nitrogens with one attached hydrogen (secondary N) is 2. The van der Waals surface area contributed by atoms with Crippen LogP contribution in [0.5, 0.6) is 0 Å². The predicted octanol–water partition coefficient (Wildman–Crippen LogP) is 1.07. The van der Waals surface area contributed by atoms with Gasteiger partial charge in [0.25, 0.3) is 15.9 Å². The third-order valence-corrected chi connectivity index (χ3v) is 5.01. The van der Waals surface area contributed by atoms with Gasteiger partial charge in [0.15, 0.2) is 11.6 Å². The lowest BCUT2D eigenvalue weighted by atomic mass is 9.84. The summed E-state index contributed by atoms with van der Waals surface area (Å²) in [6.45, 7) is 1.34. The van der Waals surface area contributed by atoms with E-state index in [1.807, 2.05) is 0 Å². The maximum Gasteiger partial charge on any atom is 0.264 e. The molecule has 2 N–H and O–H groups in total. The van der Waals surface area contributed by atoms with Gasteiger partial charge < -0.3 is 5.32 Å². The van der Waals surface area contributed by atoms with Crippen LogP contribution in [0.1, 0.15) is 26.2 Å². The highest BCUT2D eigenvalue weighted by Gasteiger charge is 2.29. The van der Waals surface area contributed by atoms with E-state index in [0.29, 0.717) is 12.1 Å². The molecule has 1 atom stereocenters. The van der Waals surface area contributed by atoms with E-state index in [-0.39, 0.29) is 11.8 Å². The fourth-order valence-corrected chi connectivity index (χ4v) is 3.06. The largest absolute Gasteiger partial charge is 0.344 e. The minimum Gasteiger partial charge on any atom is -0.344 e. The second-order valence-corrected chi connectivity index (χ2v) is 7.09. The fraction of sp³-hybridized carbons (Fsp3) is 0.429. The van der Waals surface area contributed by atoms with Gasteiger partial charge in [-0.2, -0.15) is 0 Å². The van der Waals surface area contributed by atoms with Crippen LogP contribution in [0.3, 0.4) is 0 Å². The third-order valence-electron chi connectivity index (χ3n) is 3.66. The lowest BCUT2D eigenvalue weighted by Crippen LogP contribution is -2.49. The molecule has 0 unspecified atom stereocenters. The first-order chi connectivity index (χ1) is 10.7. The SMILES string of the molecule is C[C@@H](NC(=O)C1CCC1)C(=O)NS(=O)(=O)c1ccc(F)c(F)c1. The molecule has 9 heteroatoms. The molecule has 0 aromatic heterocycles. The standard InChI is InChI=1S/C14H16F2N2O4S/c1-8(17-14(20)9-3-2-4-9)13(19)18-23(21,22)10-5-6-11(15)12(16)7-10/h5-9H,2-4H2,1H3,(H,17,20)(H,18,19)/t8-/m1/s1. The molecule has 2 amide bonds. The Labute approximate surface area is 132 Å². The molecule has 0 spiro atoms. The Hall–Kier alpha value is -2.03. The Morgan fingerprint density at radius 2 is 1.87 bits per heavy atom. The summed E-state index contributed by atoms with van der Waals surface area (Å²) in [6.07, 6.45) is 2.43. The minimum atomic E-state index is -4.35. The molecule has 0 bridgehead atoms. The minimum absolute atomic E-state index is 0.145. The van der Waals surface area contributed by atoms with E-state index >= 15 is 0 Å².